The van der Waals surface area contributed by atoms with Crippen LogP contribution in [0.15, 0.2) is 28.7 Å². The van der Waals surface area contributed by atoms with Crippen molar-refractivity contribution in [2.75, 3.05) is 5.32 Å². The van der Waals surface area contributed by atoms with E-state index in [9.17, 15) is 31.1 Å². The first kappa shape index (κ1) is 19.1. The molecule has 0 aliphatic rings. The minimum Gasteiger partial charge on any atom is -0.406 e. The number of nitrogens with zero attached hydrogens (tertiary/aromatic N) is 2. The molecule has 0 spiro atoms. The Hall–Kier alpha value is -2.24. The molecule has 0 aliphatic heterocycles. The number of aryl methyl sites for hydroxylation is 1. The van der Waals surface area contributed by atoms with Gasteiger partial charge in [0, 0.05) is 12.7 Å². The number of hydrogen-bond donors (Lipinski definition) is 1. The molecule has 0 bridgehead atoms. The molecule has 0 fully saturated rings. The number of halogens is 7. The second-order valence-corrected chi connectivity index (χ2v) is 5.45. The fourth-order valence-corrected chi connectivity index (χ4v) is 2.60. The van der Waals surface area contributed by atoms with Gasteiger partial charge in [-0.15, -0.1) is 13.2 Å². The van der Waals surface area contributed by atoms with E-state index in [4.69, 9.17) is 0 Å². The molecule has 0 saturated heterocycles. The zero-order chi connectivity index (χ0) is 19.0. The summed E-state index contributed by atoms with van der Waals surface area (Å²) < 4.78 is 78.4. The third kappa shape index (κ3) is 4.65. The maximum Gasteiger partial charge on any atom is 0.573 e. The van der Waals surface area contributed by atoms with Crippen LogP contribution in [0.4, 0.5) is 32.0 Å². The third-order valence-electron chi connectivity index (χ3n) is 2.82. The van der Waals surface area contributed by atoms with E-state index in [1.165, 1.54) is 0 Å². The van der Waals surface area contributed by atoms with Crippen LogP contribution in [0.25, 0.3) is 0 Å². The van der Waals surface area contributed by atoms with Crippen molar-refractivity contribution in [2.45, 2.75) is 12.5 Å². The van der Waals surface area contributed by atoms with E-state index in [0.717, 1.165) is 36.0 Å². The fraction of sp³-hybridized carbons (Fsp3) is 0.231. The number of alkyl halides is 6. The lowest BCUT2D eigenvalue weighted by molar-refractivity contribution is -0.274. The number of hydrogen-bond acceptors (Lipinski definition) is 3. The molecule has 1 N–H and O–H groups in total. The van der Waals surface area contributed by atoms with Gasteiger partial charge < -0.3 is 10.1 Å². The first-order valence-electron chi connectivity index (χ1n) is 6.35. The van der Waals surface area contributed by atoms with Crippen LogP contribution in [-0.4, -0.2) is 22.1 Å². The number of amides is 1. The molecule has 0 saturated carbocycles. The van der Waals surface area contributed by atoms with Crippen molar-refractivity contribution in [1.82, 2.24) is 9.78 Å². The van der Waals surface area contributed by atoms with Crippen LogP contribution < -0.4 is 10.1 Å². The van der Waals surface area contributed by atoms with Gasteiger partial charge in [-0.1, -0.05) is 0 Å². The number of ether oxygens (including phenoxy) is 1. The Morgan fingerprint density at radius 1 is 1.16 bits per heavy atom. The van der Waals surface area contributed by atoms with Gasteiger partial charge in [0.15, 0.2) is 5.69 Å². The van der Waals surface area contributed by atoms with Crippen molar-refractivity contribution in [2.24, 2.45) is 7.05 Å². The second kappa shape index (κ2) is 6.58. The number of rotatable bonds is 3. The Morgan fingerprint density at radius 3 is 2.16 bits per heavy atom. The van der Waals surface area contributed by atoms with E-state index in [0.29, 0.717) is 0 Å². The molecule has 0 atom stereocenters. The number of carbonyl (C=O) groups is 1. The van der Waals surface area contributed by atoms with Gasteiger partial charge in [-0.2, -0.15) is 18.3 Å². The monoisotopic (exact) mass is 431 g/mol. The predicted octanol–water partition coefficient (Wildman–Crippen LogP) is 4.35. The smallest absolute Gasteiger partial charge is 0.406 e. The highest BCUT2D eigenvalue weighted by atomic mass is 79.9. The Balaban J connectivity index is 2.19. The summed E-state index contributed by atoms with van der Waals surface area (Å²) in [5.74, 6) is -1.44. The lowest BCUT2D eigenvalue weighted by atomic mass is 10.2. The number of aromatic nitrogens is 2. The molecule has 5 nitrogen and oxygen atoms in total. The predicted molar refractivity (Wildman–Crippen MR) is 77.0 cm³/mol. The Labute approximate surface area is 144 Å². The summed E-state index contributed by atoms with van der Waals surface area (Å²) >= 11 is 2.69. The van der Waals surface area contributed by atoms with Crippen molar-refractivity contribution in [3.8, 4) is 5.75 Å². The van der Waals surface area contributed by atoms with E-state index >= 15 is 0 Å². The average molecular weight is 432 g/mol. The molecule has 0 radical (unpaired) electrons. The minimum absolute atomic E-state index is 0.0567. The van der Waals surface area contributed by atoms with E-state index < -0.39 is 40.1 Å². The molecule has 1 amide bonds. The quantitative estimate of drug-likeness (QED) is 0.734. The minimum atomic E-state index is -4.86. The summed E-state index contributed by atoms with van der Waals surface area (Å²) in [5, 5.41) is 5.50. The van der Waals surface area contributed by atoms with E-state index in [1.54, 1.807) is 0 Å². The maximum absolute atomic E-state index is 12.8. The molecule has 2 aromatic rings. The fourth-order valence-electron chi connectivity index (χ4n) is 1.86. The zero-order valence-electron chi connectivity index (χ0n) is 12.2. The number of benzene rings is 1. The van der Waals surface area contributed by atoms with E-state index in [1.807, 2.05) is 0 Å². The summed E-state index contributed by atoms with van der Waals surface area (Å²) in [6.07, 6.45) is -9.62. The van der Waals surface area contributed by atoms with Gasteiger partial charge >= 0.3 is 12.5 Å². The lowest BCUT2D eigenvalue weighted by Crippen LogP contribution is -2.18. The molecule has 0 unspecified atom stereocenters. The van der Waals surface area contributed by atoms with Crippen molar-refractivity contribution in [3.63, 3.8) is 0 Å². The first-order valence-corrected chi connectivity index (χ1v) is 7.14. The molecule has 12 heteroatoms. The highest BCUT2D eigenvalue weighted by Gasteiger charge is 2.39. The first-order chi connectivity index (χ1) is 11.4. The van der Waals surface area contributed by atoms with E-state index in [-0.39, 0.29) is 5.69 Å². The van der Waals surface area contributed by atoms with Crippen LogP contribution in [0.3, 0.4) is 0 Å². The molecule has 136 valence electrons. The molecule has 25 heavy (non-hydrogen) atoms. The van der Waals surface area contributed by atoms with Crippen LogP contribution in [0.1, 0.15) is 16.2 Å². The van der Waals surface area contributed by atoms with Crippen LogP contribution in [0.2, 0.25) is 0 Å². The zero-order valence-corrected chi connectivity index (χ0v) is 13.8. The van der Waals surface area contributed by atoms with Crippen molar-refractivity contribution >= 4 is 27.5 Å². The number of anilines is 1. The van der Waals surface area contributed by atoms with Crippen molar-refractivity contribution < 1.29 is 35.9 Å². The number of carbonyl (C=O) groups excluding carboxylic acids is 1. The summed E-state index contributed by atoms with van der Waals surface area (Å²) in [6.45, 7) is 0. The van der Waals surface area contributed by atoms with Gasteiger partial charge in [0.2, 0.25) is 0 Å². The molecule has 1 aromatic carbocycles. The average Bonchev–Trinajstić information content (AvgIpc) is 2.74. The van der Waals surface area contributed by atoms with Gasteiger partial charge in [0.25, 0.3) is 5.91 Å². The maximum atomic E-state index is 12.8. The molecule has 2 rings (SSSR count). The Bertz CT molecular complexity index is 783. The van der Waals surface area contributed by atoms with Gasteiger partial charge in [0.05, 0.1) is 4.47 Å². The normalized spacial score (nSPS) is 12.2. The SMILES string of the molecule is Cn1nc(C(F)(F)F)c(Br)c1C(=O)Nc1ccc(OC(F)(F)F)cc1. The Morgan fingerprint density at radius 2 is 1.72 bits per heavy atom. The second-order valence-electron chi connectivity index (χ2n) is 4.66. The summed E-state index contributed by atoms with van der Waals surface area (Å²) in [6, 6.07) is 4.10. The molecular weight excluding hydrogens is 424 g/mol. The largest absolute Gasteiger partial charge is 0.573 e. The highest BCUT2D eigenvalue weighted by molar-refractivity contribution is 9.10. The summed E-state index contributed by atoms with van der Waals surface area (Å²) in [5.41, 5.74) is -1.61. The Kier molecular flexibility index (Phi) is 5.02. The molecule has 1 heterocycles. The van der Waals surface area contributed by atoms with Gasteiger partial charge in [0.1, 0.15) is 11.4 Å². The summed E-state index contributed by atoms with van der Waals surface area (Å²) in [4.78, 5) is 12.1. The highest BCUT2D eigenvalue weighted by Crippen LogP contribution is 2.35. The lowest BCUT2D eigenvalue weighted by Gasteiger charge is -2.10. The molecular formula is C13H8BrF6N3O2. The summed E-state index contributed by atoms with van der Waals surface area (Å²) in [7, 11) is 1.15. The van der Waals surface area contributed by atoms with Crippen LogP contribution >= 0.6 is 15.9 Å². The van der Waals surface area contributed by atoms with Gasteiger partial charge in [-0.3, -0.25) is 9.48 Å². The van der Waals surface area contributed by atoms with Crippen molar-refractivity contribution in [1.29, 1.82) is 0 Å². The topological polar surface area (TPSA) is 56.2 Å². The van der Waals surface area contributed by atoms with E-state index in [2.05, 4.69) is 31.1 Å². The molecule has 0 aliphatic carbocycles. The number of nitrogens with one attached hydrogen (secondary N) is 1. The third-order valence-corrected chi connectivity index (χ3v) is 3.57. The van der Waals surface area contributed by atoms with Crippen molar-refractivity contribution in [3.05, 3.63) is 40.1 Å². The van der Waals surface area contributed by atoms with Crippen LogP contribution in [0.5, 0.6) is 5.75 Å². The molecule has 1 aromatic heterocycles. The van der Waals surface area contributed by atoms with Gasteiger partial charge in [-0.05, 0) is 40.2 Å². The standard InChI is InChI=1S/C13H8BrF6N3O2/c1-23-9(8(14)10(22-23)12(15,16)17)11(24)21-6-2-4-7(5-3-6)25-13(18,19)20/h2-5H,1H3,(H,21,24). The van der Waals surface area contributed by atoms with Crippen LogP contribution in [-0.2, 0) is 13.2 Å². The van der Waals surface area contributed by atoms with Gasteiger partial charge in [-0.25, -0.2) is 0 Å². The van der Waals surface area contributed by atoms with Crippen LogP contribution in [0, 0.1) is 0 Å².